The van der Waals surface area contributed by atoms with Gasteiger partial charge in [-0.2, -0.15) is 0 Å². The predicted octanol–water partition coefficient (Wildman–Crippen LogP) is 3.14. The zero-order chi connectivity index (χ0) is 19.5. The molecule has 0 aromatic heterocycles. The molecule has 0 aliphatic heterocycles. The van der Waals surface area contributed by atoms with E-state index in [1.807, 2.05) is 36.4 Å². The Bertz CT molecular complexity index is 808. The lowest BCUT2D eigenvalue weighted by Crippen LogP contribution is -1.93. The van der Waals surface area contributed by atoms with E-state index >= 15 is 0 Å². The molecule has 0 N–H and O–H groups in total. The lowest BCUT2D eigenvalue weighted by Gasteiger charge is -2.06. The Hall–Kier alpha value is -3.28. The predicted molar refractivity (Wildman–Crippen MR) is 104 cm³/mol. The number of benzene rings is 2. The average molecular weight is 366 g/mol. The molecule has 0 aliphatic carbocycles. The molecule has 27 heavy (non-hydrogen) atoms. The molecule has 0 fully saturated rings. The standard InChI is InChI=1S/C22H22O5/c1-23-19-11-9-17(15-21(19)25-3)7-5-13-27-14-6-8-18-10-12-20(24-2)22(16-18)26-4/h9-12,15-16H,13-14H2,1-4H3. The van der Waals surface area contributed by atoms with Crippen molar-refractivity contribution >= 4 is 0 Å². The fraction of sp³-hybridized carbons (Fsp3) is 0.273. The van der Waals surface area contributed by atoms with Crippen LogP contribution in [0.5, 0.6) is 23.0 Å². The summed E-state index contributed by atoms with van der Waals surface area (Å²) in [6.45, 7) is 0.573. The second-order valence-electron chi connectivity index (χ2n) is 5.24. The summed E-state index contributed by atoms with van der Waals surface area (Å²) in [5.41, 5.74) is 1.65. The zero-order valence-corrected chi connectivity index (χ0v) is 15.9. The maximum absolute atomic E-state index is 5.42. The minimum absolute atomic E-state index is 0.287. The van der Waals surface area contributed by atoms with E-state index in [0.717, 1.165) is 11.1 Å². The lowest BCUT2D eigenvalue weighted by atomic mass is 10.2. The lowest BCUT2D eigenvalue weighted by molar-refractivity contribution is 0.204. The Labute approximate surface area is 160 Å². The first-order valence-electron chi connectivity index (χ1n) is 8.21. The smallest absolute Gasteiger partial charge is 0.161 e. The topological polar surface area (TPSA) is 46.2 Å². The molecule has 5 nitrogen and oxygen atoms in total. The molecular weight excluding hydrogens is 344 g/mol. The van der Waals surface area contributed by atoms with Crippen LogP contribution in [0.25, 0.3) is 0 Å². The van der Waals surface area contributed by atoms with Crippen LogP contribution < -0.4 is 18.9 Å². The fourth-order valence-electron chi connectivity index (χ4n) is 2.26. The first kappa shape index (κ1) is 20.0. The third-order valence-electron chi connectivity index (χ3n) is 3.58. The van der Waals surface area contributed by atoms with E-state index in [9.17, 15) is 0 Å². The number of ether oxygens (including phenoxy) is 5. The SMILES string of the molecule is COc1ccc(C#CCOCC#Cc2ccc(OC)c(OC)c2)cc1OC. The monoisotopic (exact) mass is 366 g/mol. The average Bonchev–Trinajstić information content (AvgIpc) is 2.72. The zero-order valence-electron chi connectivity index (χ0n) is 15.9. The van der Waals surface area contributed by atoms with Gasteiger partial charge in [-0.25, -0.2) is 0 Å². The van der Waals surface area contributed by atoms with Crippen molar-refractivity contribution in [1.82, 2.24) is 0 Å². The molecule has 0 bridgehead atoms. The van der Waals surface area contributed by atoms with Crippen molar-refractivity contribution in [2.45, 2.75) is 0 Å². The van der Waals surface area contributed by atoms with Crippen molar-refractivity contribution in [1.29, 1.82) is 0 Å². The Kier molecular flexibility index (Phi) is 7.91. The molecular formula is C22H22O5. The van der Waals surface area contributed by atoms with Crippen LogP contribution >= 0.6 is 0 Å². The van der Waals surface area contributed by atoms with E-state index in [0.29, 0.717) is 23.0 Å². The highest BCUT2D eigenvalue weighted by Gasteiger charge is 2.03. The Morgan fingerprint density at radius 3 is 1.37 bits per heavy atom. The molecule has 0 unspecified atom stereocenters. The largest absolute Gasteiger partial charge is 0.493 e. The van der Waals surface area contributed by atoms with Gasteiger partial charge in [0.2, 0.25) is 0 Å². The number of methoxy groups -OCH3 is 4. The molecule has 2 aromatic carbocycles. The van der Waals surface area contributed by atoms with Gasteiger partial charge in [-0.05, 0) is 36.4 Å². The van der Waals surface area contributed by atoms with E-state index < -0.39 is 0 Å². The van der Waals surface area contributed by atoms with E-state index in [-0.39, 0.29) is 13.2 Å². The summed E-state index contributed by atoms with van der Waals surface area (Å²) < 4.78 is 26.3. The van der Waals surface area contributed by atoms with Gasteiger partial charge in [0.1, 0.15) is 13.2 Å². The molecule has 2 rings (SSSR count). The number of hydrogen-bond donors (Lipinski definition) is 0. The maximum atomic E-state index is 5.42. The van der Waals surface area contributed by atoms with Crippen molar-refractivity contribution in [3.63, 3.8) is 0 Å². The third kappa shape index (κ3) is 5.88. The molecule has 0 atom stereocenters. The Balaban J connectivity index is 1.85. The first-order chi connectivity index (χ1) is 13.2. The highest BCUT2D eigenvalue weighted by atomic mass is 16.5. The van der Waals surface area contributed by atoms with E-state index in [1.165, 1.54) is 0 Å². The van der Waals surface area contributed by atoms with Gasteiger partial charge >= 0.3 is 0 Å². The van der Waals surface area contributed by atoms with Gasteiger partial charge in [0.15, 0.2) is 23.0 Å². The minimum atomic E-state index is 0.287. The molecule has 2 aromatic rings. The van der Waals surface area contributed by atoms with Crippen LogP contribution in [0, 0.1) is 23.7 Å². The van der Waals surface area contributed by atoms with Crippen LogP contribution in [-0.2, 0) is 4.74 Å². The summed E-state index contributed by atoms with van der Waals surface area (Å²) >= 11 is 0. The van der Waals surface area contributed by atoms with Gasteiger partial charge in [-0.3, -0.25) is 0 Å². The van der Waals surface area contributed by atoms with Gasteiger partial charge in [-0.1, -0.05) is 23.7 Å². The first-order valence-corrected chi connectivity index (χ1v) is 8.21. The molecule has 140 valence electrons. The van der Waals surface area contributed by atoms with Crippen LogP contribution in [0.15, 0.2) is 36.4 Å². The summed E-state index contributed by atoms with van der Waals surface area (Å²) in [5, 5.41) is 0. The Morgan fingerprint density at radius 1 is 0.593 bits per heavy atom. The minimum Gasteiger partial charge on any atom is -0.493 e. The highest BCUT2D eigenvalue weighted by molar-refractivity contribution is 5.49. The highest BCUT2D eigenvalue weighted by Crippen LogP contribution is 2.27. The Morgan fingerprint density at radius 2 is 1.00 bits per heavy atom. The summed E-state index contributed by atoms with van der Waals surface area (Å²) in [7, 11) is 6.38. The fourth-order valence-corrected chi connectivity index (χ4v) is 2.26. The van der Waals surface area contributed by atoms with Crippen LogP contribution in [0.4, 0.5) is 0 Å². The number of rotatable bonds is 6. The quantitative estimate of drug-likeness (QED) is 0.581. The van der Waals surface area contributed by atoms with Crippen molar-refractivity contribution in [2.75, 3.05) is 41.7 Å². The third-order valence-corrected chi connectivity index (χ3v) is 3.58. The second kappa shape index (κ2) is 10.7. The maximum Gasteiger partial charge on any atom is 0.161 e. The molecule has 0 saturated heterocycles. The summed E-state index contributed by atoms with van der Waals surface area (Å²) in [6.07, 6.45) is 0. The van der Waals surface area contributed by atoms with E-state index in [1.54, 1.807) is 28.4 Å². The van der Waals surface area contributed by atoms with Crippen LogP contribution in [0.1, 0.15) is 11.1 Å². The molecule has 5 heteroatoms. The number of hydrogen-bond acceptors (Lipinski definition) is 5. The summed E-state index contributed by atoms with van der Waals surface area (Å²) in [6, 6.07) is 11.0. The molecule has 0 aliphatic rings. The van der Waals surface area contributed by atoms with Crippen molar-refractivity contribution in [3.05, 3.63) is 47.5 Å². The van der Waals surface area contributed by atoms with Gasteiger partial charge in [-0.15, -0.1) is 0 Å². The molecule has 0 spiro atoms. The van der Waals surface area contributed by atoms with Gasteiger partial charge in [0, 0.05) is 11.1 Å². The van der Waals surface area contributed by atoms with Gasteiger partial charge in [0.05, 0.1) is 28.4 Å². The van der Waals surface area contributed by atoms with E-state index in [4.69, 9.17) is 23.7 Å². The van der Waals surface area contributed by atoms with Crippen molar-refractivity contribution in [3.8, 4) is 46.7 Å². The van der Waals surface area contributed by atoms with Crippen LogP contribution in [0.2, 0.25) is 0 Å². The van der Waals surface area contributed by atoms with Gasteiger partial charge in [0.25, 0.3) is 0 Å². The van der Waals surface area contributed by atoms with Crippen LogP contribution in [-0.4, -0.2) is 41.7 Å². The van der Waals surface area contributed by atoms with Crippen molar-refractivity contribution in [2.24, 2.45) is 0 Å². The summed E-state index contributed by atoms with van der Waals surface area (Å²) in [4.78, 5) is 0. The normalized spacial score (nSPS) is 9.33. The molecule has 0 radical (unpaired) electrons. The molecule has 0 saturated carbocycles. The molecule has 0 heterocycles. The second-order valence-corrected chi connectivity index (χ2v) is 5.24. The van der Waals surface area contributed by atoms with Crippen LogP contribution in [0.3, 0.4) is 0 Å². The van der Waals surface area contributed by atoms with Gasteiger partial charge < -0.3 is 23.7 Å². The molecule has 0 amide bonds. The summed E-state index contributed by atoms with van der Waals surface area (Å²) in [5.74, 6) is 14.6. The van der Waals surface area contributed by atoms with E-state index in [2.05, 4.69) is 23.7 Å². The van der Waals surface area contributed by atoms with Crippen molar-refractivity contribution < 1.29 is 23.7 Å².